The first-order valence-electron chi connectivity index (χ1n) is 15.1. The van der Waals surface area contributed by atoms with Crippen LogP contribution in [-0.2, 0) is 0 Å². The van der Waals surface area contributed by atoms with Crippen LogP contribution in [-0.4, -0.2) is 30.9 Å². The highest BCUT2D eigenvalue weighted by molar-refractivity contribution is 7.99. The number of aromatic hydroxyl groups is 2. The zero-order valence-electron chi connectivity index (χ0n) is 23.8. The summed E-state index contributed by atoms with van der Waals surface area (Å²) in [5, 5.41) is 21.3. The third-order valence-electron chi connectivity index (χ3n) is 7.13. The highest BCUT2D eigenvalue weighted by atomic mass is 32.2. The molecule has 0 radical (unpaired) electrons. The van der Waals surface area contributed by atoms with Gasteiger partial charge < -0.3 is 10.2 Å². The first kappa shape index (κ1) is 30.9. The summed E-state index contributed by atoms with van der Waals surface area (Å²) in [7, 11) is 0. The molecule has 212 valence electrons. The summed E-state index contributed by atoms with van der Waals surface area (Å²) in [6, 6.07) is 14.1. The van der Waals surface area contributed by atoms with Gasteiger partial charge in [0.1, 0.15) is 11.5 Å². The molecule has 2 aromatic carbocycles. The standard InChI is InChI=1S/C33H47N3O2S/c1-2-3-4-5-6-7-8-9-10-11-12-13-14-15-16-21-26-39-33-35-31(27-22-17-19-24-29(27)37)34-32(36-33)28-23-18-20-25-30(28)38/h17-20,22-25,37-38H,2-16,21,26H2,1H3. The van der Waals surface area contributed by atoms with Crippen molar-refractivity contribution in [2.75, 3.05) is 5.75 Å². The molecule has 2 N–H and O–H groups in total. The van der Waals surface area contributed by atoms with Gasteiger partial charge >= 0.3 is 0 Å². The third kappa shape index (κ3) is 11.6. The second kappa shape index (κ2) is 18.6. The zero-order chi connectivity index (χ0) is 27.5. The maximum absolute atomic E-state index is 10.3. The molecule has 0 aliphatic rings. The number of aromatic nitrogens is 3. The fourth-order valence-electron chi connectivity index (χ4n) is 4.80. The molecule has 0 bridgehead atoms. The number of phenolic OH excluding ortho intramolecular Hbond substituents is 2. The number of nitrogens with zero attached hydrogens (tertiary/aromatic N) is 3. The molecule has 0 amide bonds. The molecule has 6 heteroatoms. The van der Waals surface area contributed by atoms with Crippen LogP contribution in [0.15, 0.2) is 53.7 Å². The maximum atomic E-state index is 10.3. The molecular weight excluding hydrogens is 502 g/mol. The Hall–Kier alpha value is -2.60. The average Bonchev–Trinajstić information content (AvgIpc) is 2.95. The zero-order valence-corrected chi connectivity index (χ0v) is 24.6. The Morgan fingerprint density at radius 3 is 1.31 bits per heavy atom. The number of benzene rings is 2. The lowest BCUT2D eigenvalue weighted by molar-refractivity contribution is 0.476. The SMILES string of the molecule is CCCCCCCCCCCCCCCCCCSc1nc(-c2ccccc2O)nc(-c2ccccc2O)n1. The normalized spacial score (nSPS) is 11.2. The minimum atomic E-state index is 0.126. The monoisotopic (exact) mass is 549 g/mol. The van der Waals surface area contributed by atoms with Gasteiger partial charge in [0.15, 0.2) is 16.8 Å². The highest BCUT2D eigenvalue weighted by Gasteiger charge is 2.15. The second-order valence-corrected chi connectivity index (χ2v) is 11.5. The van der Waals surface area contributed by atoms with Gasteiger partial charge in [0, 0.05) is 5.75 Å². The summed E-state index contributed by atoms with van der Waals surface area (Å²) < 4.78 is 0. The molecule has 5 nitrogen and oxygen atoms in total. The number of phenols is 2. The Morgan fingerprint density at radius 2 is 0.897 bits per heavy atom. The summed E-state index contributed by atoms with van der Waals surface area (Å²) in [5.74, 6) is 2.01. The summed E-state index contributed by atoms with van der Waals surface area (Å²) in [5.41, 5.74) is 1.11. The molecule has 0 unspecified atom stereocenters. The molecule has 0 spiro atoms. The van der Waals surface area contributed by atoms with Crippen molar-refractivity contribution in [3.63, 3.8) is 0 Å². The van der Waals surface area contributed by atoms with Gasteiger partial charge in [-0.2, -0.15) is 0 Å². The minimum absolute atomic E-state index is 0.126. The van der Waals surface area contributed by atoms with Crippen molar-refractivity contribution in [3.8, 4) is 34.3 Å². The van der Waals surface area contributed by atoms with E-state index >= 15 is 0 Å². The Labute approximate surface area is 239 Å². The van der Waals surface area contributed by atoms with Crippen LogP contribution in [0, 0.1) is 0 Å². The van der Waals surface area contributed by atoms with E-state index in [-0.39, 0.29) is 11.5 Å². The van der Waals surface area contributed by atoms with Gasteiger partial charge in [0.25, 0.3) is 0 Å². The Kier molecular flexibility index (Phi) is 14.8. The molecule has 3 rings (SSSR count). The van der Waals surface area contributed by atoms with Crippen molar-refractivity contribution in [3.05, 3.63) is 48.5 Å². The third-order valence-corrected chi connectivity index (χ3v) is 8.07. The van der Waals surface area contributed by atoms with Crippen molar-refractivity contribution < 1.29 is 10.2 Å². The van der Waals surface area contributed by atoms with E-state index in [9.17, 15) is 10.2 Å². The summed E-state index contributed by atoms with van der Waals surface area (Å²) in [4.78, 5) is 13.8. The Bertz CT molecular complexity index is 1030. The number of unbranched alkanes of at least 4 members (excludes halogenated alkanes) is 15. The lowest BCUT2D eigenvalue weighted by atomic mass is 10.0. The molecule has 0 aliphatic heterocycles. The van der Waals surface area contributed by atoms with Crippen LogP contribution in [0.5, 0.6) is 11.5 Å². The van der Waals surface area contributed by atoms with E-state index in [0.29, 0.717) is 27.9 Å². The largest absolute Gasteiger partial charge is 0.507 e. The van der Waals surface area contributed by atoms with Crippen LogP contribution in [0.2, 0.25) is 0 Å². The first-order valence-corrected chi connectivity index (χ1v) is 16.1. The van der Waals surface area contributed by atoms with E-state index in [1.165, 1.54) is 96.3 Å². The molecule has 1 heterocycles. The highest BCUT2D eigenvalue weighted by Crippen LogP contribution is 2.32. The molecule has 0 atom stereocenters. The van der Waals surface area contributed by atoms with E-state index in [1.54, 1.807) is 48.2 Å². The fourth-order valence-corrected chi connectivity index (χ4v) is 5.63. The number of hydrogen-bond donors (Lipinski definition) is 2. The van der Waals surface area contributed by atoms with Gasteiger partial charge in [-0.15, -0.1) is 0 Å². The molecule has 0 aliphatic carbocycles. The van der Waals surface area contributed by atoms with Gasteiger partial charge in [-0.1, -0.05) is 139 Å². The number of thioether (sulfide) groups is 1. The van der Waals surface area contributed by atoms with Crippen molar-refractivity contribution in [1.82, 2.24) is 15.0 Å². The van der Waals surface area contributed by atoms with Crippen LogP contribution in [0.1, 0.15) is 110 Å². The van der Waals surface area contributed by atoms with Crippen molar-refractivity contribution in [1.29, 1.82) is 0 Å². The summed E-state index contributed by atoms with van der Waals surface area (Å²) >= 11 is 1.61. The van der Waals surface area contributed by atoms with Gasteiger partial charge in [-0.3, -0.25) is 0 Å². The lowest BCUT2D eigenvalue weighted by Crippen LogP contribution is -2.00. The van der Waals surface area contributed by atoms with Gasteiger partial charge in [0.2, 0.25) is 0 Å². The van der Waals surface area contributed by atoms with Gasteiger partial charge in [0.05, 0.1) is 11.1 Å². The number of para-hydroxylation sites is 2. The van der Waals surface area contributed by atoms with Gasteiger partial charge in [-0.25, -0.2) is 15.0 Å². The van der Waals surface area contributed by atoms with Crippen molar-refractivity contribution >= 4 is 11.8 Å². The van der Waals surface area contributed by atoms with E-state index in [2.05, 4.69) is 21.9 Å². The predicted molar refractivity (Wildman–Crippen MR) is 164 cm³/mol. The van der Waals surface area contributed by atoms with E-state index < -0.39 is 0 Å². The maximum Gasteiger partial charge on any atom is 0.191 e. The van der Waals surface area contributed by atoms with Crippen LogP contribution in [0.4, 0.5) is 0 Å². The molecule has 0 saturated heterocycles. The van der Waals surface area contributed by atoms with Crippen LogP contribution in [0.3, 0.4) is 0 Å². The quantitative estimate of drug-likeness (QED) is 0.108. The first-order chi connectivity index (χ1) is 19.2. The second-order valence-electron chi connectivity index (χ2n) is 10.5. The smallest absolute Gasteiger partial charge is 0.191 e. The van der Waals surface area contributed by atoms with E-state index in [1.807, 2.05) is 12.1 Å². The topological polar surface area (TPSA) is 79.1 Å². The number of rotatable bonds is 20. The molecule has 0 saturated carbocycles. The fraction of sp³-hybridized carbons (Fsp3) is 0.545. The molecule has 3 aromatic rings. The average molecular weight is 550 g/mol. The number of hydrogen-bond acceptors (Lipinski definition) is 6. The summed E-state index contributed by atoms with van der Waals surface area (Å²) in [6.45, 7) is 2.28. The molecule has 1 aromatic heterocycles. The Morgan fingerprint density at radius 1 is 0.513 bits per heavy atom. The van der Waals surface area contributed by atoms with Crippen molar-refractivity contribution in [2.24, 2.45) is 0 Å². The van der Waals surface area contributed by atoms with Gasteiger partial charge in [-0.05, 0) is 30.7 Å². The van der Waals surface area contributed by atoms with Crippen molar-refractivity contribution in [2.45, 2.75) is 115 Å². The minimum Gasteiger partial charge on any atom is -0.507 e. The molecular formula is C33H47N3O2S. The Balaban J connectivity index is 1.34. The molecule has 39 heavy (non-hydrogen) atoms. The van der Waals surface area contributed by atoms with E-state index in [0.717, 1.165) is 12.2 Å². The van der Waals surface area contributed by atoms with Crippen LogP contribution >= 0.6 is 11.8 Å². The van der Waals surface area contributed by atoms with Crippen LogP contribution < -0.4 is 0 Å². The molecule has 0 fully saturated rings. The van der Waals surface area contributed by atoms with Crippen LogP contribution in [0.25, 0.3) is 22.8 Å². The lowest BCUT2D eigenvalue weighted by Gasteiger charge is -2.09. The predicted octanol–water partition coefficient (Wildman–Crippen LogP) is 9.97. The summed E-state index contributed by atoms with van der Waals surface area (Å²) in [6.07, 6.45) is 21.8. The van der Waals surface area contributed by atoms with E-state index in [4.69, 9.17) is 0 Å².